The average molecular weight is 423 g/mol. The lowest BCUT2D eigenvalue weighted by molar-refractivity contribution is 0.305. The van der Waals surface area contributed by atoms with E-state index in [0.717, 1.165) is 11.3 Å². The number of fused-ring (bicyclic) bond motifs is 1. The third-order valence-electron chi connectivity index (χ3n) is 6.69. The van der Waals surface area contributed by atoms with Crippen LogP contribution in [0.4, 0.5) is 0 Å². The van der Waals surface area contributed by atoms with E-state index in [4.69, 9.17) is 4.74 Å². The molecule has 5 rings (SSSR count). The maximum absolute atomic E-state index is 5.92. The van der Waals surface area contributed by atoms with Crippen molar-refractivity contribution in [1.82, 2.24) is 10.3 Å². The number of hydrogen-bond acceptors (Lipinski definition) is 3. The van der Waals surface area contributed by atoms with Crippen molar-refractivity contribution in [2.24, 2.45) is 0 Å². The number of hydrogen-bond donors (Lipinski definition) is 1. The molecule has 1 aliphatic rings. The van der Waals surface area contributed by atoms with Gasteiger partial charge in [-0.15, -0.1) is 0 Å². The second kappa shape index (κ2) is 9.54. The summed E-state index contributed by atoms with van der Waals surface area (Å²) in [4.78, 5) is 4.14. The summed E-state index contributed by atoms with van der Waals surface area (Å²) in [7, 11) is 0. The molecule has 3 heteroatoms. The van der Waals surface area contributed by atoms with Gasteiger partial charge in [-0.25, -0.2) is 0 Å². The van der Waals surface area contributed by atoms with Gasteiger partial charge < -0.3 is 10.1 Å². The van der Waals surface area contributed by atoms with Crippen molar-refractivity contribution in [3.05, 3.63) is 108 Å². The number of pyridine rings is 1. The molecule has 0 spiro atoms. The molecule has 0 bridgehead atoms. The van der Waals surface area contributed by atoms with E-state index in [0.29, 0.717) is 24.6 Å². The Morgan fingerprint density at radius 1 is 0.938 bits per heavy atom. The number of ether oxygens (including phenoxy) is 1. The first kappa shape index (κ1) is 20.7. The Kier molecular flexibility index (Phi) is 6.17. The minimum absolute atomic E-state index is 0.341. The van der Waals surface area contributed by atoms with E-state index in [1.165, 1.54) is 41.2 Å². The number of nitrogens with one attached hydrogen (secondary N) is 1. The number of aromatic nitrogens is 1. The van der Waals surface area contributed by atoms with Gasteiger partial charge in [-0.3, -0.25) is 4.98 Å². The molecule has 1 aliphatic carbocycles. The van der Waals surface area contributed by atoms with E-state index in [9.17, 15) is 0 Å². The van der Waals surface area contributed by atoms with Gasteiger partial charge in [-0.05, 0) is 72.2 Å². The first-order valence-electron chi connectivity index (χ1n) is 11.6. The minimum atomic E-state index is 0.341. The van der Waals surface area contributed by atoms with Gasteiger partial charge >= 0.3 is 0 Å². The van der Waals surface area contributed by atoms with Gasteiger partial charge in [0.15, 0.2) is 0 Å². The summed E-state index contributed by atoms with van der Waals surface area (Å²) in [5.41, 5.74) is 3.89. The molecule has 0 saturated heterocycles. The third kappa shape index (κ3) is 4.68. The highest BCUT2D eigenvalue weighted by Gasteiger charge is 2.27. The zero-order valence-electron chi connectivity index (χ0n) is 18.6. The molecule has 1 aromatic heterocycles. The van der Waals surface area contributed by atoms with Crippen LogP contribution in [0.3, 0.4) is 0 Å². The average Bonchev–Trinajstić information content (AvgIpc) is 3.31. The highest BCUT2D eigenvalue weighted by Crippen LogP contribution is 2.36. The van der Waals surface area contributed by atoms with Crippen LogP contribution in [0.1, 0.15) is 54.8 Å². The lowest BCUT2D eigenvalue weighted by Gasteiger charge is -2.21. The van der Waals surface area contributed by atoms with Gasteiger partial charge in [-0.1, -0.05) is 60.7 Å². The zero-order chi connectivity index (χ0) is 21.8. The minimum Gasteiger partial charge on any atom is -0.489 e. The van der Waals surface area contributed by atoms with Crippen LogP contribution in [0, 0.1) is 0 Å². The molecule has 4 aromatic rings. The SMILES string of the molecule is C[C@@H](N[C@H]1CC[C@@H](c2ccc(OCc3cccnc3)cc2)C1)c1cccc2ccccc12. The van der Waals surface area contributed by atoms with Crippen molar-refractivity contribution in [3.63, 3.8) is 0 Å². The number of benzene rings is 3. The van der Waals surface area contributed by atoms with Crippen LogP contribution in [0.25, 0.3) is 10.8 Å². The van der Waals surface area contributed by atoms with Gasteiger partial charge in [0.05, 0.1) is 0 Å². The van der Waals surface area contributed by atoms with Crippen molar-refractivity contribution < 1.29 is 4.74 Å². The highest BCUT2D eigenvalue weighted by molar-refractivity contribution is 5.86. The number of nitrogens with zero attached hydrogens (tertiary/aromatic N) is 1. The topological polar surface area (TPSA) is 34.1 Å². The van der Waals surface area contributed by atoms with E-state index in [-0.39, 0.29) is 0 Å². The summed E-state index contributed by atoms with van der Waals surface area (Å²) in [6.07, 6.45) is 7.27. The lowest BCUT2D eigenvalue weighted by Crippen LogP contribution is -2.29. The van der Waals surface area contributed by atoms with Crippen LogP contribution in [0.15, 0.2) is 91.3 Å². The van der Waals surface area contributed by atoms with E-state index in [1.54, 1.807) is 6.20 Å². The predicted octanol–water partition coefficient (Wildman–Crippen LogP) is 6.80. The first-order chi connectivity index (χ1) is 15.8. The molecular weight excluding hydrogens is 392 g/mol. The van der Waals surface area contributed by atoms with E-state index in [1.807, 2.05) is 18.3 Å². The Morgan fingerprint density at radius 2 is 1.78 bits per heavy atom. The van der Waals surface area contributed by atoms with Crippen LogP contribution in [-0.4, -0.2) is 11.0 Å². The molecule has 3 aromatic carbocycles. The zero-order valence-corrected chi connectivity index (χ0v) is 18.6. The third-order valence-corrected chi connectivity index (χ3v) is 6.69. The molecule has 0 unspecified atom stereocenters. The van der Waals surface area contributed by atoms with E-state index >= 15 is 0 Å². The summed E-state index contributed by atoms with van der Waals surface area (Å²) in [6.45, 7) is 2.85. The van der Waals surface area contributed by atoms with Crippen molar-refractivity contribution in [2.45, 2.75) is 50.8 Å². The molecule has 0 amide bonds. The van der Waals surface area contributed by atoms with Crippen LogP contribution < -0.4 is 10.1 Å². The smallest absolute Gasteiger partial charge is 0.119 e. The van der Waals surface area contributed by atoms with Crippen LogP contribution >= 0.6 is 0 Å². The normalized spacial score (nSPS) is 19.2. The lowest BCUT2D eigenvalue weighted by atomic mass is 9.96. The summed E-state index contributed by atoms with van der Waals surface area (Å²) >= 11 is 0. The quantitative estimate of drug-likeness (QED) is 0.356. The van der Waals surface area contributed by atoms with Gasteiger partial charge in [-0.2, -0.15) is 0 Å². The van der Waals surface area contributed by atoms with Crippen molar-refractivity contribution >= 4 is 10.8 Å². The molecule has 32 heavy (non-hydrogen) atoms. The van der Waals surface area contributed by atoms with E-state index < -0.39 is 0 Å². The summed E-state index contributed by atoms with van der Waals surface area (Å²) < 4.78 is 5.92. The van der Waals surface area contributed by atoms with Gasteiger partial charge in [0.25, 0.3) is 0 Å². The monoisotopic (exact) mass is 422 g/mol. The van der Waals surface area contributed by atoms with Crippen LogP contribution in [-0.2, 0) is 6.61 Å². The molecule has 1 N–H and O–H groups in total. The second-order valence-corrected chi connectivity index (χ2v) is 8.88. The number of rotatable bonds is 7. The molecule has 162 valence electrons. The predicted molar refractivity (Wildman–Crippen MR) is 131 cm³/mol. The Morgan fingerprint density at radius 3 is 2.62 bits per heavy atom. The van der Waals surface area contributed by atoms with Crippen molar-refractivity contribution in [1.29, 1.82) is 0 Å². The Balaban J connectivity index is 1.18. The summed E-state index contributed by atoms with van der Waals surface area (Å²) in [5, 5.41) is 6.57. The Hall–Kier alpha value is -3.17. The molecule has 3 nitrogen and oxygen atoms in total. The van der Waals surface area contributed by atoms with Crippen LogP contribution in [0.5, 0.6) is 5.75 Å². The van der Waals surface area contributed by atoms with Crippen molar-refractivity contribution in [2.75, 3.05) is 0 Å². The first-order valence-corrected chi connectivity index (χ1v) is 11.6. The molecule has 1 saturated carbocycles. The standard InChI is InChI=1S/C29H30N2O/c1-21(28-10-4-8-24-7-2-3-9-29(24)28)31-26-14-11-25(18-26)23-12-15-27(16-13-23)32-20-22-6-5-17-30-19-22/h2-10,12-13,15-17,19,21,25-26,31H,11,14,18,20H2,1H3/t21-,25-,26+/m1/s1. The van der Waals surface area contributed by atoms with Crippen molar-refractivity contribution in [3.8, 4) is 5.75 Å². The highest BCUT2D eigenvalue weighted by atomic mass is 16.5. The molecule has 1 heterocycles. The fourth-order valence-corrected chi connectivity index (χ4v) is 4.99. The maximum atomic E-state index is 5.92. The maximum Gasteiger partial charge on any atom is 0.119 e. The molecule has 0 radical (unpaired) electrons. The molecule has 0 aliphatic heterocycles. The van der Waals surface area contributed by atoms with Gasteiger partial charge in [0.1, 0.15) is 12.4 Å². The van der Waals surface area contributed by atoms with Crippen LogP contribution in [0.2, 0.25) is 0 Å². The summed E-state index contributed by atoms with van der Waals surface area (Å²) in [5.74, 6) is 1.52. The second-order valence-electron chi connectivity index (χ2n) is 8.88. The molecular formula is C29H30N2O. The Bertz CT molecular complexity index is 1150. The van der Waals surface area contributed by atoms with E-state index in [2.05, 4.69) is 84.0 Å². The van der Waals surface area contributed by atoms with Gasteiger partial charge in [0.2, 0.25) is 0 Å². The van der Waals surface area contributed by atoms with Gasteiger partial charge in [0, 0.05) is 30.0 Å². The molecule has 3 atom stereocenters. The Labute approximate surface area is 190 Å². The fourth-order valence-electron chi connectivity index (χ4n) is 4.99. The molecule has 1 fully saturated rings. The summed E-state index contributed by atoms with van der Waals surface area (Å²) in [6, 6.07) is 28.8. The largest absolute Gasteiger partial charge is 0.489 e. The fraction of sp³-hybridized carbons (Fsp3) is 0.276.